The molecule has 6 heteroatoms. The standard InChI is InChI=1S/C23H18F2N2O2/c1-15-22(28)26(14-17-6-2-3-7-19(17)25)20-8-4-5-9-21(20)27(15)23(29)16-10-12-18(24)13-11-16/h2-13,15H,14H2,1H3/t15-/m0/s1. The van der Waals surface area contributed by atoms with E-state index in [-0.39, 0.29) is 18.0 Å². The van der Waals surface area contributed by atoms with Gasteiger partial charge < -0.3 is 4.90 Å². The highest BCUT2D eigenvalue weighted by atomic mass is 19.1. The average Bonchev–Trinajstić information content (AvgIpc) is 2.73. The first kappa shape index (κ1) is 18.8. The largest absolute Gasteiger partial charge is 0.304 e. The monoisotopic (exact) mass is 392 g/mol. The van der Waals surface area contributed by atoms with Gasteiger partial charge in [-0.3, -0.25) is 14.5 Å². The van der Waals surface area contributed by atoms with Crippen LogP contribution in [0.4, 0.5) is 20.2 Å². The molecule has 0 unspecified atom stereocenters. The SMILES string of the molecule is C[C@H]1C(=O)N(Cc2ccccc2F)c2ccccc2N1C(=O)c1ccc(F)cc1. The van der Waals surface area contributed by atoms with Crippen LogP contribution in [0.25, 0.3) is 0 Å². The maximum Gasteiger partial charge on any atom is 0.259 e. The third-order valence-corrected chi connectivity index (χ3v) is 5.04. The summed E-state index contributed by atoms with van der Waals surface area (Å²) in [4.78, 5) is 29.2. The Bertz CT molecular complexity index is 1080. The Morgan fingerprint density at radius 3 is 2.21 bits per heavy atom. The molecule has 29 heavy (non-hydrogen) atoms. The Hall–Kier alpha value is -3.54. The van der Waals surface area contributed by atoms with Crippen molar-refractivity contribution in [2.24, 2.45) is 0 Å². The summed E-state index contributed by atoms with van der Waals surface area (Å²) in [6.45, 7) is 1.69. The van der Waals surface area contributed by atoms with Crippen LogP contribution in [0.3, 0.4) is 0 Å². The molecular formula is C23H18F2N2O2. The zero-order valence-corrected chi connectivity index (χ0v) is 15.7. The molecule has 2 amide bonds. The molecule has 1 aliphatic heterocycles. The Balaban J connectivity index is 1.75. The lowest BCUT2D eigenvalue weighted by molar-refractivity contribution is -0.119. The van der Waals surface area contributed by atoms with Gasteiger partial charge in [-0.15, -0.1) is 0 Å². The number of carbonyl (C=O) groups excluding carboxylic acids is 2. The minimum Gasteiger partial charge on any atom is -0.304 e. The Kier molecular flexibility index (Phi) is 4.84. The van der Waals surface area contributed by atoms with Crippen molar-refractivity contribution in [3.05, 3.63) is 95.6 Å². The molecule has 4 rings (SSSR count). The van der Waals surface area contributed by atoms with E-state index in [0.717, 1.165) is 0 Å². The van der Waals surface area contributed by atoms with Crippen molar-refractivity contribution in [2.45, 2.75) is 19.5 Å². The molecule has 1 heterocycles. The van der Waals surface area contributed by atoms with Crippen molar-refractivity contribution >= 4 is 23.2 Å². The maximum atomic E-state index is 14.2. The second-order valence-corrected chi connectivity index (χ2v) is 6.86. The van der Waals surface area contributed by atoms with Crippen LogP contribution in [-0.4, -0.2) is 17.9 Å². The van der Waals surface area contributed by atoms with E-state index in [1.807, 2.05) is 0 Å². The molecule has 0 fully saturated rings. The molecule has 1 aliphatic rings. The van der Waals surface area contributed by atoms with Crippen LogP contribution in [-0.2, 0) is 11.3 Å². The zero-order chi connectivity index (χ0) is 20.5. The molecule has 146 valence electrons. The average molecular weight is 392 g/mol. The van der Waals surface area contributed by atoms with Crippen LogP contribution in [0.2, 0.25) is 0 Å². The molecule has 0 saturated heterocycles. The molecule has 0 bridgehead atoms. The van der Waals surface area contributed by atoms with E-state index < -0.39 is 23.6 Å². The predicted octanol–water partition coefficient (Wildman–Crippen LogP) is 4.55. The number of rotatable bonds is 3. The summed E-state index contributed by atoms with van der Waals surface area (Å²) in [5.41, 5.74) is 1.74. The molecule has 0 aromatic heterocycles. The Morgan fingerprint density at radius 1 is 0.897 bits per heavy atom. The van der Waals surface area contributed by atoms with Crippen molar-refractivity contribution in [3.8, 4) is 0 Å². The van der Waals surface area contributed by atoms with Crippen molar-refractivity contribution in [2.75, 3.05) is 9.80 Å². The predicted molar refractivity (Wildman–Crippen MR) is 107 cm³/mol. The van der Waals surface area contributed by atoms with Gasteiger partial charge in [0, 0.05) is 11.1 Å². The minimum atomic E-state index is -0.797. The fourth-order valence-electron chi connectivity index (χ4n) is 3.54. The van der Waals surface area contributed by atoms with E-state index in [0.29, 0.717) is 16.9 Å². The second kappa shape index (κ2) is 7.47. The normalized spacial score (nSPS) is 16.0. The number of benzene rings is 3. The molecule has 1 atom stereocenters. The third-order valence-electron chi connectivity index (χ3n) is 5.04. The van der Waals surface area contributed by atoms with Gasteiger partial charge in [-0.25, -0.2) is 8.78 Å². The molecule has 0 saturated carbocycles. The first-order valence-corrected chi connectivity index (χ1v) is 9.20. The molecule has 3 aromatic carbocycles. The molecule has 0 radical (unpaired) electrons. The highest BCUT2D eigenvalue weighted by Crippen LogP contribution is 2.38. The lowest BCUT2D eigenvalue weighted by Crippen LogP contribution is -2.54. The lowest BCUT2D eigenvalue weighted by atomic mass is 10.0. The highest BCUT2D eigenvalue weighted by Gasteiger charge is 2.39. The van der Waals surface area contributed by atoms with Gasteiger partial charge >= 0.3 is 0 Å². The maximum absolute atomic E-state index is 14.2. The summed E-state index contributed by atoms with van der Waals surface area (Å²) in [5.74, 6) is -1.55. The molecule has 0 N–H and O–H groups in total. The van der Waals surface area contributed by atoms with E-state index in [1.165, 1.54) is 40.1 Å². The molecule has 0 aliphatic carbocycles. The summed E-state index contributed by atoms with van der Waals surface area (Å²) in [7, 11) is 0. The van der Waals surface area contributed by atoms with Crippen molar-refractivity contribution in [1.82, 2.24) is 0 Å². The van der Waals surface area contributed by atoms with E-state index in [1.54, 1.807) is 49.4 Å². The van der Waals surface area contributed by atoms with Gasteiger partial charge in [0.1, 0.15) is 17.7 Å². The van der Waals surface area contributed by atoms with E-state index in [9.17, 15) is 18.4 Å². The van der Waals surface area contributed by atoms with Crippen LogP contribution in [0.15, 0.2) is 72.8 Å². The summed E-state index contributed by atoms with van der Waals surface area (Å²) >= 11 is 0. The van der Waals surface area contributed by atoms with E-state index in [2.05, 4.69) is 0 Å². The summed E-state index contributed by atoms with van der Waals surface area (Å²) in [6.07, 6.45) is 0. The molecule has 0 spiro atoms. The van der Waals surface area contributed by atoms with E-state index >= 15 is 0 Å². The Labute approximate surface area is 167 Å². The van der Waals surface area contributed by atoms with Crippen LogP contribution in [0.5, 0.6) is 0 Å². The summed E-state index contributed by atoms with van der Waals surface area (Å²) in [6, 6.07) is 17.7. The Morgan fingerprint density at radius 2 is 1.52 bits per heavy atom. The van der Waals surface area contributed by atoms with Crippen molar-refractivity contribution in [1.29, 1.82) is 0 Å². The number of fused-ring (bicyclic) bond motifs is 1. The topological polar surface area (TPSA) is 40.6 Å². The van der Waals surface area contributed by atoms with Crippen LogP contribution < -0.4 is 9.80 Å². The number of halogens is 2. The fourth-order valence-corrected chi connectivity index (χ4v) is 3.54. The lowest BCUT2D eigenvalue weighted by Gasteiger charge is -2.40. The number of anilines is 2. The first-order valence-electron chi connectivity index (χ1n) is 9.20. The van der Waals surface area contributed by atoms with Crippen LogP contribution in [0, 0.1) is 11.6 Å². The first-order chi connectivity index (χ1) is 14.0. The number of para-hydroxylation sites is 2. The van der Waals surface area contributed by atoms with Gasteiger partial charge in [-0.1, -0.05) is 30.3 Å². The molecular weight excluding hydrogens is 374 g/mol. The molecule has 4 nitrogen and oxygen atoms in total. The van der Waals surface area contributed by atoms with Crippen molar-refractivity contribution in [3.63, 3.8) is 0 Å². The van der Waals surface area contributed by atoms with Crippen molar-refractivity contribution < 1.29 is 18.4 Å². The van der Waals surface area contributed by atoms with Crippen LogP contribution in [0.1, 0.15) is 22.8 Å². The third kappa shape index (κ3) is 3.38. The number of carbonyl (C=O) groups is 2. The van der Waals surface area contributed by atoms with Gasteiger partial charge in [-0.2, -0.15) is 0 Å². The minimum absolute atomic E-state index is 0.0610. The number of nitrogens with zero attached hydrogens (tertiary/aromatic N) is 2. The number of amides is 2. The summed E-state index contributed by atoms with van der Waals surface area (Å²) < 4.78 is 27.4. The zero-order valence-electron chi connectivity index (χ0n) is 15.7. The van der Waals surface area contributed by atoms with Gasteiger partial charge in [0.2, 0.25) is 5.91 Å². The highest BCUT2D eigenvalue weighted by molar-refractivity contribution is 6.17. The van der Waals surface area contributed by atoms with Gasteiger partial charge in [-0.05, 0) is 49.4 Å². The van der Waals surface area contributed by atoms with E-state index in [4.69, 9.17) is 0 Å². The second-order valence-electron chi connectivity index (χ2n) is 6.86. The number of hydrogen-bond acceptors (Lipinski definition) is 2. The number of hydrogen-bond donors (Lipinski definition) is 0. The fraction of sp³-hybridized carbons (Fsp3) is 0.130. The quantitative estimate of drug-likeness (QED) is 0.656. The molecule has 3 aromatic rings. The van der Waals surface area contributed by atoms with Gasteiger partial charge in [0.05, 0.1) is 17.9 Å². The summed E-state index contributed by atoms with van der Waals surface area (Å²) in [5, 5.41) is 0. The van der Waals surface area contributed by atoms with Crippen LogP contribution >= 0.6 is 0 Å². The van der Waals surface area contributed by atoms with Gasteiger partial charge in [0.25, 0.3) is 5.91 Å². The smallest absolute Gasteiger partial charge is 0.259 e. The van der Waals surface area contributed by atoms with Gasteiger partial charge in [0.15, 0.2) is 0 Å².